The first-order valence-electron chi connectivity index (χ1n) is 6.71. The molecule has 1 fully saturated rings. The number of methoxy groups -OCH3 is 1. The Morgan fingerprint density at radius 3 is 2.74 bits per heavy atom. The molecule has 0 bridgehead atoms. The molecule has 3 rings (SSSR count). The lowest BCUT2D eigenvalue weighted by Crippen LogP contribution is -2.33. The minimum Gasteiger partial charge on any atom is -0.497 e. The van der Waals surface area contributed by atoms with Gasteiger partial charge in [-0.25, -0.2) is 0 Å². The Hall–Kier alpha value is -1.19. The number of benzene rings is 2. The number of ether oxygens (including phenoxy) is 1. The molecule has 0 amide bonds. The van der Waals surface area contributed by atoms with Gasteiger partial charge in [0.2, 0.25) is 0 Å². The summed E-state index contributed by atoms with van der Waals surface area (Å²) in [6.07, 6.45) is 1.26. The Bertz CT molecular complexity index is 584. The number of hydrogen-bond acceptors (Lipinski definition) is 3. The smallest absolute Gasteiger partial charge is 0.119 e. The standard InChI is InChI=1S/C16H19NOS/c1-11-7-8-19-16(17-11)14-4-3-13-10-15(18-2)6-5-12(13)9-14/h3-6,9-11,16-17H,7-8H2,1-2H3. The molecule has 2 unspecified atom stereocenters. The Labute approximate surface area is 118 Å². The van der Waals surface area contributed by atoms with Crippen LogP contribution in [0.15, 0.2) is 36.4 Å². The first-order valence-corrected chi connectivity index (χ1v) is 7.76. The van der Waals surface area contributed by atoms with E-state index in [9.17, 15) is 0 Å². The van der Waals surface area contributed by atoms with E-state index in [0.717, 1.165) is 5.75 Å². The molecule has 1 N–H and O–H groups in total. The molecule has 0 aromatic heterocycles. The Morgan fingerprint density at radius 2 is 1.95 bits per heavy atom. The number of rotatable bonds is 2. The van der Waals surface area contributed by atoms with E-state index in [1.54, 1.807) is 7.11 Å². The monoisotopic (exact) mass is 273 g/mol. The lowest BCUT2D eigenvalue weighted by atomic mass is 10.1. The van der Waals surface area contributed by atoms with Crippen LogP contribution < -0.4 is 10.1 Å². The molecule has 1 heterocycles. The summed E-state index contributed by atoms with van der Waals surface area (Å²) in [7, 11) is 1.71. The fraction of sp³-hybridized carbons (Fsp3) is 0.375. The van der Waals surface area contributed by atoms with Crippen molar-refractivity contribution >= 4 is 22.5 Å². The van der Waals surface area contributed by atoms with Crippen molar-refractivity contribution in [3.63, 3.8) is 0 Å². The average molecular weight is 273 g/mol. The summed E-state index contributed by atoms with van der Waals surface area (Å²) in [4.78, 5) is 0. The van der Waals surface area contributed by atoms with Crippen LogP contribution in [-0.2, 0) is 0 Å². The molecule has 0 spiro atoms. The van der Waals surface area contributed by atoms with Crippen molar-refractivity contribution in [2.45, 2.75) is 24.8 Å². The van der Waals surface area contributed by atoms with Gasteiger partial charge in [-0.3, -0.25) is 5.32 Å². The van der Waals surface area contributed by atoms with Gasteiger partial charge in [0.25, 0.3) is 0 Å². The highest BCUT2D eigenvalue weighted by molar-refractivity contribution is 7.99. The molecule has 1 aliphatic rings. The average Bonchev–Trinajstić information content (AvgIpc) is 2.46. The zero-order valence-electron chi connectivity index (χ0n) is 11.3. The van der Waals surface area contributed by atoms with Gasteiger partial charge in [0.05, 0.1) is 12.5 Å². The third kappa shape index (κ3) is 2.72. The molecule has 3 heteroatoms. The van der Waals surface area contributed by atoms with E-state index >= 15 is 0 Å². The van der Waals surface area contributed by atoms with E-state index < -0.39 is 0 Å². The van der Waals surface area contributed by atoms with Crippen LogP contribution in [0.3, 0.4) is 0 Å². The maximum absolute atomic E-state index is 5.27. The topological polar surface area (TPSA) is 21.3 Å². The molecule has 0 aliphatic carbocycles. The van der Waals surface area contributed by atoms with Crippen molar-refractivity contribution in [3.8, 4) is 5.75 Å². The van der Waals surface area contributed by atoms with Gasteiger partial charge in [0.15, 0.2) is 0 Å². The summed E-state index contributed by atoms with van der Waals surface area (Å²) < 4.78 is 5.27. The van der Waals surface area contributed by atoms with Crippen molar-refractivity contribution in [1.82, 2.24) is 5.32 Å². The summed E-state index contributed by atoms with van der Waals surface area (Å²) in [5, 5.41) is 6.59. The molecule has 0 saturated carbocycles. The van der Waals surface area contributed by atoms with Crippen molar-refractivity contribution < 1.29 is 4.74 Å². The minimum absolute atomic E-state index is 0.426. The third-order valence-electron chi connectivity index (χ3n) is 3.65. The second-order valence-electron chi connectivity index (χ2n) is 5.08. The second kappa shape index (κ2) is 5.43. The maximum Gasteiger partial charge on any atom is 0.119 e. The van der Waals surface area contributed by atoms with Crippen molar-refractivity contribution in [1.29, 1.82) is 0 Å². The van der Waals surface area contributed by atoms with Crippen molar-refractivity contribution in [2.75, 3.05) is 12.9 Å². The fourth-order valence-corrected chi connectivity index (χ4v) is 3.87. The molecular formula is C16H19NOS. The Morgan fingerprint density at radius 1 is 1.16 bits per heavy atom. The van der Waals surface area contributed by atoms with E-state index in [0.29, 0.717) is 11.4 Å². The van der Waals surface area contributed by atoms with Crippen molar-refractivity contribution in [3.05, 3.63) is 42.0 Å². The van der Waals surface area contributed by atoms with Crippen LogP contribution in [0.1, 0.15) is 24.3 Å². The predicted molar refractivity (Wildman–Crippen MR) is 82.9 cm³/mol. The Kier molecular flexibility index (Phi) is 3.67. The van der Waals surface area contributed by atoms with Gasteiger partial charge in [-0.1, -0.05) is 18.2 Å². The van der Waals surface area contributed by atoms with Gasteiger partial charge < -0.3 is 4.74 Å². The molecule has 100 valence electrons. The van der Waals surface area contributed by atoms with E-state index in [4.69, 9.17) is 4.74 Å². The Balaban J connectivity index is 1.93. The molecule has 2 aromatic rings. The molecule has 1 saturated heterocycles. The summed E-state index contributed by atoms with van der Waals surface area (Å²) in [6, 6.07) is 13.6. The van der Waals surface area contributed by atoms with Crippen LogP contribution in [0.5, 0.6) is 5.75 Å². The highest BCUT2D eigenvalue weighted by Gasteiger charge is 2.19. The fourth-order valence-electron chi connectivity index (χ4n) is 2.48. The van der Waals surface area contributed by atoms with E-state index in [-0.39, 0.29) is 0 Å². The van der Waals surface area contributed by atoms with Gasteiger partial charge >= 0.3 is 0 Å². The zero-order chi connectivity index (χ0) is 13.2. The molecule has 1 aliphatic heterocycles. The molecular weight excluding hydrogens is 254 g/mol. The van der Waals surface area contributed by atoms with Gasteiger partial charge in [0.1, 0.15) is 5.75 Å². The number of fused-ring (bicyclic) bond motifs is 1. The molecule has 0 radical (unpaired) electrons. The summed E-state index contributed by atoms with van der Waals surface area (Å²) in [5.41, 5.74) is 1.37. The number of hydrogen-bond donors (Lipinski definition) is 1. The van der Waals surface area contributed by atoms with Gasteiger partial charge in [-0.15, -0.1) is 11.8 Å². The van der Waals surface area contributed by atoms with Crippen LogP contribution >= 0.6 is 11.8 Å². The lowest BCUT2D eigenvalue weighted by molar-refractivity contribution is 0.415. The largest absolute Gasteiger partial charge is 0.497 e. The molecule has 19 heavy (non-hydrogen) atoms. The zero-order valence-corrected chi connectivity index (χ0v) is 12.2. The number of nitrogens with one attached hydrogen (secondary N) is 1. The van der Waals surface area contributed by atoms with Crippen LogP contribution in [0.2, 0.25) is 0 Å². The summed E-state index contributed by atoms with van der Waals surface area (Å²) in [6.45, 7) is 2.26. The first kappa shape index (κ1) is 12.8. The van der Waals surface area contributed by atoms with Crippen LogP contribution in [-0.4, -0.2) is 18.9 Å². The minimum atomic E-state index is 0.426. The summed E-state index contributed by atoms with van der Waals surface area (Å²) in [5.74, 6) is 2.15. The van der Waals surface area contributed by atoms with E-state index in [1.165, 1.54) is 28.5 Å². The van der Waals surface area contributed by atoms with Gasteiger partial charge in [-0.05, 0) is 53.6 Å². The normalized spacial score (nSPS) is 23.5. The highest BCUT2D eigenvalue weighted by Crippen LogP contribution is 2.33. The predicted octanol–water partition coefficient (Wildman–Crippen LogP) is 3.96. The lowest BCUT2D eigenvalue weighted by Gasteiger charge is -2.28. The number of thioether (sulfide) groups is 1. The molecule has 2 atom stereocenters. The summed E-state index contributed by atoms with van der Waals surface area (Å²) >= 11 is 2.00. The van der Waals surface area contributed by atoms with Crippen LogP contribution in [0, 0.1) is 0 Å². The highest BCUT2D eigenvalue weighted by atomic mass is 32.2. The third-order valence-corrected chi connectivity index (χ3v) is 4.86. The van der Waals surface area contributed by atoms with Crippen molar-refractivity contribution in [2.24, 2.45) is 0 Å². The quantitative estimate of drug-likeness (QED) is 0.895. The van der Waals surface area contributed by atoms with Gasteiger partial charge in [0, 0.05) is 6.04 Å². The van der Waals surface area contributed by atoms with E-state index in [1.807, 2.05) is 17.8 Å². The van der Waals surface area contributed by atoms with Crippen LogP contribution in [0.25, 0.3) is 10.8 Å². The van der Waals surface area contributed by atoms with E-state index in [2.05, 4.69) is 42.6 Å². The molecule has 2 nitrogen and oxygen atoms in total. The SMILES string of the molecule is COc1ccc2cc(C3NC(C)CCS3)ccc2c1. The maximum atomic E-state index is 5.27. The van der Waals surface area contributed by atoms with Crippen LogP contribution in [0.4, 0.5) is 0 Å². The first-order chi connectivity index (χ1) is 9.26. The second-order valence-corrected chi connectivity index (χ2v) is 6.29. The molecule has 2 aromatic carbocycles. The van der Waals surface area contributed by atoms with Gasteiger partial charge in [-0.2, -0.15) is 0 Å².